The summed E-state index contributed by atoms with van der Waals surface area (Å²) in [6.07, 6.45) is 4.51. The molecule has 1 aromatic rings. The molecule has 0 fully saturated rings. The summed E-state index contributed by atoms with van der Waals surface area (Å²) in [5.41, 5.74) is 3.10. The molecule has 1 aliphatic carbocycles. The van der Waals surface area contributed by atoms with Gasteiger partial charge in [0.15, 0.2) is 5.69 Å². The third-order valence-electron chi connectivity index (χ3n) is 2.92. The molecular formula is C12H17N3. The van der Waals surface area contributed by atoms with Crippen LogP contribution in [0.3, 0.4) is 0 Å². The zero-order valence-corrected chi connectivity index (χ0v) is 9.67. The van der Waals surface area contributed by atoms with E-state index in [0.717, 1.165) is 12.8 Å². The molecule has 0 amide bonds. The monoisotopic (exact) mass is 203 g/mol. The van der Waals surface area contributed by atoms with Crippen LogP contribution in [0.5, 0.6) is 0 Å². The molecule has 0 aromatic carbocycles. The molecule has 2 rings (SSSR count). The van der Waals surface area contributed by atoms with Gasteiger partial charge in [0.05, 0.1) is 5.54 Å². The Morgan fingerprint density at radius 2 is 1.93 bits per heavy atom. The maximum Gasteiger partial charge on any atom is 0.165 e. The maximum absolute atomic E-state index is 9.05. The lowest BCUT2D eigenvalue weighted by Crippen LogP contribution is -2.26. The van der Waals surface area contributed by atoms with Gasteiger partial charge in [-0.05, 0) is 46.5 Å². The first kappa shape index (κ1) is 10.2. The highest BCUT2D eigenvalue weighted by molar-refractivity contribution is 5.37. The minimum Gasteiger partial charge on any atom is -0.263 e. The number of hydrogen-bond acceptors (Lipinski definition) is 2. The fraction of sp³-hybridized carbons (Fsp3) is 0.667. The summed E-state index contributed by atoms with van der Waals surface area (Å²) in [4.78, 5) is 0. The van der Waals surface area contributed by atoms with Crippen LogP contribution in [0.25, 0.3) is 0 Å². The molecule has 0 bridgehead atoms. The normalized spacial score (nSPS) is 15.9. The average molecular weight is 203 g/mol. The van der Waals surface area contributed by atoms with Crippen LogP contribution in [-0.4, -0.2) is 9.78 Å². The van der Waals surface area contributed by atoms with E-state index in [-0.39, 0.29) is 5.54 Å². The predicted molar refractivity (Wildman–Crippen MR) is 58.6 cm³/mol. The Morgan fingerprint density at radius 1 is 1.27 bits per heavy atom. The quantitative estimate of drug-likeness (QED) is 0.649. The summed E-state index contributed by atoms with van der Waals surface area (Å²) >= 11 is 0. The highest BCUT2D eigenvalue weighted by Crippen LogP contribution is 2.28. The van der Waals surface area contributed by atoms with Crippen molar-refractivity contribution < 1.29 is 0 Å². The summed E-state index contributed by atoms with van der Waals surface area (Å²) in [5, 5.41) is 13.5. The van der Waals surface area contributed by atoms with Crippen molar-refractivity contribution in [3.05, 3.63) is 17.0 Å². The molecule has 0 N–H and O–H groups in total. The summed E-state index contributed by atoms with van der Waals surface area (Å²) in [7, 11) is 0. The Hall–Kier alpha value is -1.30. The molecule has 15 heavy (non-hydrogen) atoms. The molecule has 0 radical (unpaired) electrons. The zero-order chi connectivity index (χ0) is 11.1. The van der Waals surface area contributed by atoms with Crippen molar-refractivity contribution in [1.82, 2.24) is 9.78 Å². The third kappa shape index (κ3) is 1.65. The second kappa shape index (κ2) is 3.37. The van der Waals surface area contributed by atoms with E-state index in [0.29, 0.717) is 5.69 Å². The van der Waals surface area contributed by atoms with Gasteiger partial charge in [-0.3, -0.25) is 4.68 Å². The van der Waals surface area contributed by atoms with Crippen molar-refractivity contribution in [3.8, 4) is 6.07 Å². The lowest BCUT2D eigenvalue weighted by atomic mass is 9.95. The van der Waals surface area contributed by atoms with Gasteiger partial charge in [-0.25, -0.2) is 0 Å². The Kier molecular flexibility index (Phi) is 2.30. The van der Waals surface area contributed by atoms with Crippen molar-refractivity contribution in [2.24, 2.45) is 0 Å². The Bertz CT molecular complexity index is 415. The van der Waals surface area contributed by atoms with Gasteiger partial charge in [0.1, 0.15) is 6.07 Å². The van der Waals surface area contributed by atoms with Gasteiger partial charge in [0, 0.05) is 11.3 Å². The highest BCUT2D eigenvalue weighted by Gasteiger charge is 2.26. The molecule has 3 nitrogen and oxygen atoms in total. The summed E-state index contributed by atoms with van der Waals surface area (Å²) < 4.78 is 2.04. The minimum atomic E-state index is -0.0173. The average Bonchev–Trinajstić information content (AvgIpc) is 2.55. The Balaban J connectivity index is 2.58. The summed E-state index contributed by atoms with van der Waals surface area (Å²) in [6, 6.07) is 2.22. The van der Waals surface area contributed by atoms with E-state index < -0.39 is 0 Å². The molecule has 0 atom stereocenters. The molecule has 1 aromatic heterocycles. The van der Waals surface area contributed by atoms with Crippen LogP contribution in [0, 0.1) is 11.3 Å². The number of rotatable bonds is 0. The molecule has 1 aliphatic rings. The number of aromatic nitrogens is 2. The van der Waals surface area contributed by atoms with Crippen LogP contribution in [0.15, 0.2) is 0 Å². The zero-order valence-electron chi connectivity index (χ0n) is 9.67. The van der Waals surface area contributed by atoms with Gasteiger partial charge in [-0.15, -0.1) is 0 Å². The van der Waals surface area contributed by atoms with Crippen LogP contribution >= 0.6 is 0 Å². The molecule has 80 valence electrons. The fourth-order valence-corrected chi connectivity index (χ4v) is 2.24. The van der Waals surface area contributed by atoms with Crippen LogP contribution in [-0.2, 0) is 18.4 Å². The van der Waals surface area contributed by atoms with Crippen LogP contribution in [0.4, 0.5) is 0 Å². The first-order valence-electron chi connectivity index (χ1n) is 5.55. The fourth-order valence-electron chi connectivity index (χ4n) is 2.24. The van der Waals surface area contributed by atoms with Gasteiger partial charge >= 0.3 is 0 Å². The van der Waals surface area contributed by atoms with Gasteiger partial charge in [0.2, 0.25) is 0 Å². The second-order valence-corrected chi connectivity index (χ2v) is 5.18. The van der Waals surface area contributed by atoms with Crippen molar-refractivity contribution in [3.63, 3.8) is 0 Å². The third-order valence-corrected chi connectivity index (χ3v) is 2.92. The maximum atomic E-state index is 9.05. The van der Waals surface area contributed by atoms with Crippen LogP contribution < -0.4 is 0 Å². The number of nitrogens with zero attached hydrogens (tertiary/aromatic N) is 3. The smallest absolute Gasteiger partial charge is 0.165 e. The van der Waals surface area contributed by atoms with Gasteiger partial charge in [-0.2, -0.15) is 10.4 Å². The first-order chi connectivity index (χ1) is 7.04. The lowest BCUT2D eigenvalue weighted by Gasteiger charge is -2.24. The van der Waals surface area contributed by atoms with E-state index in [1.807, 2.05) is 4.68 Å². The van der Waals surface area contributed by atoms with E-state index in [2.05, 4.69) is 31.9 Å². The highest BCUT2D eigenvalue weighted by atomic mass is 15.3. The predicted octanol–water partition coefficient (Wildman–Crippen LogP) is 2.39. The molecule has 3 heteroatoms. The van der Waals surface area contributed by atoms with Crippen molar-refractivity contribution in [1.29, 1.82) is 5.26 Å². The molecule has 0 saturated heterocycles. The minimum absolute atomic E-state index is 0.0173. The van der Waals surface area contributed by atoms with E-state index in [1.54, 1.807) is 0 Å². The standard InChI is InChI=1S/C12H17N3/c1-12(2,3)15-11-7-5-4-6-9(11)10(8-13)14-15/h4-7H2,1-3H3. The topological polar surface area (TPSA) is 41.6 Å². The summed E-state index contributed by atoms with van der Waals surface area (Å²) in [6.45, 7) is 6.40. The Labute approximate surface area is 90.7 Å². The largest absolute Gasteiger partial charge is 0.263 e. The van der Waals surface area contributed by atoms with Crippen LogP contribution in [0.2, 0.25) is 0 Å². The van der Waals surface area contributed by atoms with Gasteiger partial charge in [-0.1, -0.05) is 0 Å². The van der Waals surface area contributed by atoms with E-state index in [4.69, 9.17) is 5.26 Å². The lowest BCUT2D eigenvalue weighted by molar-refractivity contribution is 0.339. The van der Waals surface area contributed by atoms with Crippen molar-refractivity contribution in [2.45, 2.75) is 52.0 Å². The Morgan fingerprint density at radius 3 is 2.53 bits per heavy atom. The van der Waals surface area contributed by atoms with Gasteiger partial charge in [0.25, 0.3) is 0 Å². The molecule has 1 heterocycles. The molecule has 0 unspecified atom stereocenters. The van der Waals surface area contributed by atoms with Gasteiger partial charge < -0.3 is 0 Å². The molecule has 0 aliphatic heterocycles. The number of hydrogen-bond donors (Lipinski definition) is 0. The number of nitriles is 1. The van der Waals surface area contributed by atoms with E-state index in [9.17, 15) is 0 Å². The molecule has 0 saturated carbocycles. The van der Waals surface area contributed by atoms with Crippen molar-refractivity contribution >= 4 is 0 Å². The van der Waals surface area contributed by atoms with Crippen molar-refractivity contribution in [2.75, 3.05) is 0 Å². The van der Waals surface area contributed by atoms with E-state index in [1.165, 1.54) is 24.1 Å². The van der Waals surface area contributed by atoms with E-state index >= 15 is 0 Å². The molecular weight excluding hydrogens is 186 g/mol. The van der Waals surface area contributed by atoms with Crippen LogP contribution in [0.1, 0.15) is 50.6 Å². The summed E-state index contributed by atoms with van der Waals surface area (Å²) in [5.74, 6) is 0. The SMILES string of the molecule is CC(C)(C)n1nc(C#N)c2c1CCCC2. The first-order valence-corrected chi connectivity index (χ1v) is 5.55. The molecule has 0 spiro atoms. The second-order valence-electron chi connectivity index (χ2n) is 5.18. The number of fused-ring (bicyclic) bond motifs is 1.